The van der Waals surface area contributed by atoms with Crippen LogP contribution in [0.2, 0.25) is 0 Å². The maximum absolute atomic E-state index is 5.38. The topological polar surface area (TPSA) is 37.4 Å². The van der Waals surface area contributed by atoms with Gasteiger partial charge in [-0.3, -0.25) is 0 Å². The minimum atomic E-state index is 0.402. The molecule has 1 aromatic rings. The highest BCUT2D eigenvalue weighted by atomic mass is 16.5. The summed E-state index contributed by atoms with van der Waals surface area (Å²) in [7, 11) is 0. The van der Waals surface area contributed by atoms with E-state index in [9.17, 15) is 0 Å². The van der Waals surface area contributed by atoms with Gasteiger partial charge in [0.2, 0.25) is 0 Å². The van der Waals surface area contributed by atoms with Crippen LogP contribution in [0, 0.1) is 18.3 Å². The van der Waals surface area contributed by atoms with Gasteiger partial charge < -0.3 is 15.0 Å². The molecule has 0 aromatic carbocycles. The first kappa shape index (κ1) is 19.3. The van der Waals surface area contributed by atoms with E-state index >= 15 is 0 Å². The molecule has 4 heteroatoms. The van der Waals surface area contributed by atoms with Crippen molar-refractivity contribution < 1.29 is 4.74 Å². The van der Waals surface area contributed by atoms with Gasteiger partial charge in [0.1, 0.15) is 5.82 Å². The highest BCUT2D eigenvalue weighted by Crippen LogP contribution is 2.40. The van der Waals surface area contributed by atoms with Gasteiger partial charge in [-0.2, -0.15) is 0 Å². The maximum Gasteiger partial charge on any atom is 0.128 e. The van der Waals surface area contributed by atoms with Crippen LogP contribution in [0.25, 0.3) is 5.57 Å². The number of rotatable bonds is 9. The Morgan fingerprint density at radius 2 is 2.07 bits per heavy atom. The molecule has 150 valence electrons. The lowest BCUT2D eigenvalue weighted by atomic mass is 9.78. The number of aromatic nitrogens is 1. The molecule has 0 atom stereocenters. The monoisotopic (exact) mass is 379 g/mol. The molecule has 1 spiro atoms. The highest BCUT2D eigenvalue weighted by molar-refractivity contribution is 5.83. The van der Waals surface area contributed by atoms with Crippen LogP contribution in [0.15, 0.2) is 42.6 Å². The van der Waals surface area contributed by atoms with Crippen molar-refractivity contribution in [2.24, 2.45) is 11.3 Å². The fourth-order valence-electron chi connectivity index (χ4n) is 4.09. The van der Waals surface area contributed by atoms with Gasteiger partial charge in [-0.05, 0) is 49.8 Å². The van der Waals surface area contributed by atoms with Crippen LogP contribution in [-0.2, 0) is 4.74 Å². The number of allylic oxidation sites excluding steroid dienone is 2. The second-order valence-corrected chi connectivity index (χ2v) is 8.84. The summed E-state index contributed by atoms with van der Waals surface area (Å²) in [5.41, 5.74) is 5.69. The van der Waals surface area contributed by atoms with Crippen molar-refractivity contribution >= 4 is 11.4 Å². The molecule has 0 bridgehead atoms. The fraction of sp³-hybridized carbons (Fsp3) is 0.542. The van der Waals surface area contributed by atoms with Crippen LogP contribution in [0.5, 0.6) is 0 Å². The van der Waals surface area contributed by atoms with Crippen molar-refractivity contribution in [3.63, 3.8) is 0 Å². The molecular formula is C24H33N3O. The Hall–Kier alpha value is -2.07. The molecule has 28 heavy (non-hydrogen) atoms. The third-order valence-electron chi connectivity index (χ3n) is 6.18. The standard InChI is InChI=1S/C24H33N3O/c1-5-6-7-21(18(3)25-12-20-8-9-20)17(2)22-10-11-23(26-19(22)4)27-13-24(14-27)15-28-16-24/h7,10-11,20,25H,2-3,5-6,8-9,12-16H2,1,4H3/b21-7+. The van der Waals surface area contributed by atoms with Gasteiger partial charge in [-0.25, -0.2) is 4.98 Å². The molecule has 4 nitrogen and oxygen atoms in total. The number of anilines is 1. The highest BCUT2D eigenvalue weighted by Gasteiger charge is 2.49. The summed E-state index contributed by atoms with van der Waals surface area (Å²) in [5.74, 6) is 1.89. The van der Waals surface area contributed by atoms with Crippen molar-refractivity contribution in [3.8, 4) is 0 Å². The predicted octanol–water partition coefficient (Wildman–Crippen LogP) is 4.48. The molecule has 0 radical (unpaired) electrons. The van der Waals surface area contributed by atoms with Crippen LogP contribution in [0.4, 0.5) is 5.82 Å². The van der Waals surface area contributed by atoms with E-state index in [1.54, 1.807) is 0 Å². The lowest BCUT2D eigenvalue weighted by molar-refractivity contribution is -0.127. The van der Waals surface area contributed by atoms with E-state index in [0.717, 1.165) is 85.5 Å². The van der Waals surface area contributed by atoms with E-state index in [1.807, 2.05) is 0 Å². The normalized spacial score (nSPS) is 20.5. The average Bonchev–Trinajstić information content (AvgIpc) is 3.42. The zero-order valence-electron chi connectivity index (χ0n) is 17.4. The summed E-state index contributed by atoms with van der Waals surface area (Å²) in [6, 6.07) is 4.31. The van der Waals surface area contributed by atoms with Gasteiger partial charge in [0.25, 0.3) is 0 Å². The van der Waals surface area contributed by atoms with E-state index in [0.29, 0.717) is 5.41 Å². The van der Waals surface area contributed by atoms with Crippen molar-refractivity contribution in [1.29, 1.82) is 0 Å². The largest absolute Gasteiger partial charge is 0.385 e. The number of unbranched alkanes of at least 4 members (excludes halogenated alkanes) is 1. The zero-order chi connectivity index (χ0) is 19.7. The Balaban J connectivity index is 1.47. The van der Waals surface area contributed by atoms with Crippen LogP contribution in [0.1, 0.15) is 43.9 Å². The molecule has 2 saturated heterocycles. The van der Waals surface area contributed by atoms with Crippen molar-refractivity contribution in [2.75, 3.05) is 37.7 Å². The van der Waals surface area contributed by atoms with Crippen molar-refractivity contribution in [3.05, 3.63) is 53.9 Å². The molecule has 0 amide bonds. The number of ether oxygens (including phenoxy) is 1. The summed E-state index contributed by atoms with van der Waals surface area (Å²) in [6.07, 6.45) is 7.09. The number of pyridine rings is 1. The van der Waals surface area contributed by atoms with E-state index in [1.165, 1.54) is 12.8 Å². The van der Waals surface area contributed by atoms with E-state index in [-0.39, 0.29) is 0 Å². The second kappa shape index (κ2) is 7.75. The van der Waals surface area contributed by atoms with Gasteiger partial charge >= 0.3 is 0 Å². The van der Waals surface area contributed by atoms with Crippen LogP contribution in [-0.4, -0.2) is 37.8 Å². The molecule has 1 aliphatic carbocycles. The quantitative estimate of drug-likeness (QED) is 0.642. The Morgan fingerprint density at radius 1 is 1.32 bits per heavy atom. The minimum Gasteiger partial charge on any atom is -0.385 e. The predicted molar refractivity (Wildman–Crippen MR) is 116 cm³/mol. The molecule has 1 aromatic heterocycles. The summed E-state index contributed by atoms with van der Waals surface area (Å²) < 4.78 is 5.38. The summed E-state index contributed by atoms with van der Waals surface area (Å²) in [5, 5.41) is 3.53. The Labute approximate surface area is 169 Å². The van der Waals surface area contributed by atoms with Gasteiger partial charge in [-0.1, -0.05) is 32.6 Å². The third kappa shape index (κ3) is 3.88. The number of hydrogen-bond acceptors (Lipinski definition) is 4. The molecule has 1 saturated carbocycles. The number of nitrogens with zero attached hydrogens (tertiary/aromatic N) is 2. The summed E-state index contributed by atoms with van der Waals surface area (Å²) in [4.78, 5) is 7.25. The maximum atomic E-state index is 5.38. The molecule has 3 heterocycles. The van der Waals surface area contributed by atoms with Gasteiger partial charge in [0.05, 0.1) is 18.6 Å². The first-order chi connectivity index (χ1) is 13.5. The third-order valence-corrected chi connectivity index (χ3v) is 6.18. The van der Waals surface area contributed by atoms with Crippen LogP contribution < -0.4 is 10.2 Å². The number of nitrogens with one attached hydrogen (secondary N) is 1. The molecule has 3 fully saturated rings. The van der Waals surface area contributed by atoms with Crippen molar-refractivity contribution in [2.45, 2.75) is 39.5 Å². The van der Waals surface area contributed by atoms with Crippen LogP contribution in [0.3, 0.4) is 0 Å². The number of hydrogen-bond donors (Lipinski definition) is 1. The molecular weight excluding hydrogens is 346 g/mol. The lowest BCUT2D eigenvalue weighted by Crippen LogP contribution is -2.66. The molecule has 0 unspecified atom stereocenters. The lowest BCUT2D eigenvalue weighted by Gasteiger charge is -2.55. The second-order valence-electron chi connectivity index (χ2n) is 8.84. The van der Waals surface area contributed by atoms with Gasteiger partial charge in [-0.15, -0.1) is 0 Å². The fourth-order valence-corrected chi connectivity index (χ4v) is 4.09. The van der Waals surface area contributed by atoms with E-state index in [2.05, 4.69) is 55.4 Å². The first-order valence-electron chi connectivity index (χ1n) is 10.6. The Bertz CT molecular complexity index is 794. The minimum absolute atomic E-state index is 0.402. The molecule has 3 aliphatic rings. The SMILES string of the molecule is C=C(NCC1CC1)/C(=C/CCC)C(=C)c1ccc(N2CC3(COC3)C2)nc1C. The smallest absolute Gasteiger partial charge is 0.128 e. The molecule has 1 N–H and O–H groups in total. The Morgan fingerprint density at radius 3 is 2.64 bits per heavy atom. The van der Waals surface area contributed by atoms with E-state index in [4.69, 9.17) is 9.72 Å². The summed E-state index contributed by atoms with van der Waals surface area (Å²) >= 11 is 0. The van der Waals surface area contributed by atoms with E-state index < -0.39 is 0 Å². The number of aryl methyl sites for hydroxylation is 1. The average molecular weight is 380 g/mol. The van der Waals surface area contributed by atoms with Crippen molar-refractivity contribution in [1.82, 2.24) is 10.3 Å². The molecule has 4 rings (SSSR count). The first-order valence-corrected chi connectivity index (χ1v) is 10.6. The summed E-state index contributed by atoms with van der Waals surface area (Å²) in [6.45, 7) is 17.9. The Kier molecular flexibility index (Phi) is 5.33. The zero-order valence-corrected chi connectivity index (χ0v) is 17.4. The van der Waals surface area contributed by atoms with Crippen LogP contribution >= 0.6 is 0 Å². The van der Waals surface area contributed by atoms with Gasteiger partial charge in [0.15, 0.2) is 0 Å². The molecule has 2 aliphatic heterocycles. The van der Waals surface area contributed by atoms with Gasteiger partial charge in [0, 0.05) is 42.2 Å².